The summed E-state index contributed by atoms with van der Waals surface area (Å²) in [5, 5.41) is 0. The van der Waals surface area contributed by atoms with Crippen LogP contribution >= 0.6 is 0 Å². The van der Waals surface area contributed by atoms with Crippen LogP contribution in [0, 0.1) is 0 Å². The summed E-state index contributed by atoms with van der Waals surface area (Å²) >= 11 is 0. The molecule has 6 nitrogen and oxygen atoms in total. The molecule has 0 aromatic heterocycles. The number of sulfone groups is 1. The Labute approximate surface area is 182 Å². The molecule has 158 valence electrons. The summed E-state index contributed by atoms with van der Waals surface area (Å²) < 4.78 is 26.1. The summed E-state index contributed by atoms with van der Waals surface area (Å²) in [5.41, 5.74) is 2.27. The Morgan fingerprint density at radius 3 is 1.81 bits per heavy atom. The number of carbonyl (C=O) groups is 1. The molecule has 2 aliphatic heterocycles. The summed E-state index contributed by atoms with van der Waals surface area (Å²) in [7, 11) is -3.61. The lowest BCUT2D eigenvalue weighted by atomic mass is 10.2. The van der Waals surface area contributed by atoms with Gasteiger partial charge < -0.3 is 14.7 Å². The average molecular weight is 434 g/mol. The van der Waals surface area contributed by atoms with Crippen molar-refractivity contribution in [3.8, 4) is 0 Å². The molecule has 31 heavy (non-hydrogen) atoms. The number of piperazine rings is 1. The fourth-order valence-electron chi connectivity index (χ4n) is 4.32. The molecule has 0 saturated carbocycles. The summed E-state index contributed by atoms with van der Waals surface area (Å²) in [6.45, 7) is 2.94. The minimum absolute atomic E-state index is 0.00313. The van der Waals surface area contributed by atoms with Crippen LogP contribution < -0.4 is 9.80 Å². The Hall–Kier alpha value is -3.32. The van der Waals surface area contributed by atoms with Crippen molar-refractivity contribution >= 4 is 32.8 Å². The first-order chi connectivity index (χ1) is 15.1. The van der Waals surface area contributed by atoms with Crippen molar-refractivity contribution in [3.05, 3.63) is 78.9 Å². The number of hydrogen-bond donors (Lipinski definition) is 0. The largest absolute Gasteiger partial charge is 0.368 e. The van der Waals surface area contributed by atoms with E-state index < -0.39 is 9.84 Å². The van der Waals surface area contributed by atoms with Crippen LogP contribution in [0.25, 0.3) is 0 Å². The van der Waals surface area contributed by atoms with Crippen LogP contribution in [0.3, 0.4) is 0 Å². The fourth-order valence-corrected chi connectivity index (χ4v) is 5.98. The molecule has 0 spiro atoms. The smallest absolute Gasteiger partial charge is 0.242 e. The van der Waals surface area contributed by atoms with Crippen molar-refractivity contribution in [2.45, 2.75) is 9.79 Å². The van der Waals surface area contributed by atoms with Crippen molar-refractivity contribution in [2.75, 3.05) is 42.5 Å². The van der Waals surface area contributed by atoms with E-state index in [9.17, 15) is 13.2 Å². The van der Waals surface area contributed by atoms with Gasteiger partial charge in [-0.1, -0.05) is 42.5 Å². The molecule has 2 heterocycles. The van der Waals surface area contributed by atoms with Gasteiger partial charge >= 0.3 is 0 Å². The molecular weight excluding hydrogens is 410 g/mol. The predicted octanol–water partition coefficient (Wildman–Crippen LogP) is 3.32. The average Bonchev–Trinajstić information content (AvgIpc) is 2.82. The van der Waals surface area contributed by atoms with Gasteiger partial charge in [0.15, 0.2) is 0 Å². The molecule has 5 rings (SSSR count). The second-order valence-corrected chi connectivity index (χ2v) is 9.61. The number of para-hydroxylation sites is 3. The summed E-state index contributed by atoms with van der Waals surface area (Å²) in [6, 6.07) is 24.0. The quantitative estimate of drug-likeness (QED) is 0.634. The molecule has 3 aromatic carbocycles. The van der Waals surface area contributed by atoms with Crippen molar-refractivity contribution in [3.63, 3.8) is 0 Å². The summed E-state index contributed by atoms with van der Waals surface area (Å²) in [5.74, 6) is -0.00313. The zero-order valence-corrected chi connectivity index (χ0v) is 17.8. The van der Waals surface area contributed by atoms with E-state index in [-0.39, 0.29) is 22.2 Å². The van der Waals surface area contributed by atoms with E-state index >= 15 is 0 Å². The first-order valence-corrected chi connectivity index (χ1v) is 11.8. The van der Waals surface area contributed by atoms with Crippen LogP contribution in [-0.2, 0) is 14.6 Å². The van der Waals surface area contributed by atoms with E-state index in [1.165, 1.54) is 5.69 Å². The molecule has 0 bridgehead atoms. The number of fused-ring (bicyclic) bond motifs is 2. The number of nitrogens with zero attached hydrogens (tertiary/aromatic N) is 3. The maximum Gasteiger partial charge on any atom is 0.242 e. The lowest BCUT2D eigenvalue weighted by molar-refractivity contribution is -0.129. The lowest BCUT2D eigenvalue weighted by Gasteiger charge is -2.38. The Morgan fingerprint density at radius 2 is 1.23 bits per heavy atom. The number of anilines is 3. The SMILES string of the molecule is O=C(CN1c2ccccc2S(=O)(=O)c2ccccc21)N1CCN(c2ccccc2)CC1. The zero-order chi connectivity index (χ0) is 21.4. The van der Waals surface area contributed by atoms with Gasteiger partial charge in [0, 0.05) is 31.9 Å². The van der Waals surface area contributed by atoms with Crippen LogP contribution in [0.15, 0.2) is 88.7 Å². The zero-order valence-electron chi connectivity index (χ0n) is 17.0. The van der Waals surface area contributed by atoms with Gasteiger partial charge in [0.25, 0.3) is 0 Å². The van der Waals surface area contributed by atoms with E-state index in [4.69, 9.17) is 0 Å². The van der Waals surface area contributed by atoms with Crippen LogP contribution in [-0.4, -0.2) is 51.9 Å². The van der Waals surface area contributed by atoms with E-state index in [0.717, 1.165) is 13.1 Å². The van der Waals surface area contributed by atoms with Gasteiger partial charge in [-0.25, -0.2) is 8.42 Å². The molecule has 0 radical (unpaired) electrons. The number of hydrogen-bond acceptors (Lipinski definition) is 5. The van der Waals surface area contributed by atoms with Crippen LogP contribution in [0.1, 0.15) is 0 Å². The minimum atomic E-state index is -3.61. The topological polar surface area (TPSA) is 60.9 Å². The van der Waals surface area contributed by atoms with Gasteiger partial charge in [0.2, 0.25) is 15.7 Å². The Kier molecular flexibility index (Phi) is 4.90. The van der Waals surface area contributed by atoms with E-state index in [1.54, 1.807) is 48.5 Å². The fraction of sp³-hybridized carbons (Fsp3) is 0.208. The van der Waals surface area contributed by atoms with E-state index in [1.807, 2.05) is 28.0 Å². The van der Waals surface area contributed by atoms with Crippen LogP contribution in [0.5, 0.6) is 0 Å². The lowest BCUT2D eigenvalue weighted by Crippen LogP contribution is -2.51. The molecule has 1 amide bonds. The molecule has 0 aliphatic carbocycles. The number of rotatable bonds is 3. The molecular formula is C24H23N3O3S. The van der Waals surface area contributed by atoms with Gasteiger partial charge in [0.05, 0.1) is 21.2 Å². The Bertz CT molecular complexity index is 1170. The highest BCUT2D eigenvalue weighted by Gasteiger charge is 2.35. The van der Waals surface area contributed by atoms with Crippen molar-refractivity contribution in [2.24, 2.45) is 0 Å². The molecule has 3 aromatic rings. The molecule has 0 atom stereocenters. The normalized spacial score (nSPS) is 17.1. The van der Waals surface area contributed by atoms with Gasteiger partial charge in [-0.05, 0) is 36.4 Å². The Morgan fingerprint density at radius 1 is 0.710 bits per heavy atom. The second-order valence-electron chi connectivity index (χ2n) is 7.73. The standard InChI is InChI=1S/C24H23N3O3S/c28-24(26-16-14-25(15-17-26)19-8-2-1-3-9-19)18-27-20-10-4-6-12-22(20)31(29,30)23-13-7-5-11-21(23)27/h1-13H,14-18H2. The highest BCUT2D eigenvalue weighted by atomic mass is 32.2. The van der Waals surface area contributed by atoms with Crippen LogP contribution in [0.2, 0.25) is 0 Å². The third-order valence-corrected chi connectivity index (χ3v) is 7.79. The number of amides is 1. The molecule has 2 aliphatic rings. The van der Waals surface area contributed by atoms with Crippen molar-refractivity contribution < 1.29 is 13.2 Å². The van der Waals surface area contributed by atoms with Crippen LogP contribution in [0.4, 0.5) is 17.1 Å². The molecule has 7 heteroatoms. The maximum atomic E-state index is 13.2. The molecule has 0 unspecified atom stereocenters. The first-order valence-electron chi connectivity index (χ1n) is 10.3. The van der Waals surface area contributed by atoms with E-state index in [0.29, 0.717) is 24.5 Å². The summed E-state index contributed by atoms with van der Waals surface area (Å²) in [6.07, 6.45) is 0. The molecule has 1 fully saturated rings. The van der Waals surface area contributed by atoms with Crippen molar-refractivity contribution in [1.29, 1.82) is 0 Å². The highest BCUT2D eigenvalue weighted by Crippen LogP contribution is 2.43. The third kappa shape index (κ3) is 3.45. The maximum absolute atomic E-state index is 13.2. The van der Waals surface area contributed by atoms with Gasteiger partial charge in [-0.3, -0.25) is 4.79 Å². The number of carbonyl (C=O) groups excluding carboxylic acids is 1. The highest BCUT2D eigenvalue weighted by molar-refractivity contribution is 7.92. The monoisotopic (exact) mass is 433 g/mol. The van der Waals surface area contributed by atoms with Gasteiger partial charge in [-0.15, -0.1) is 0 Å². The first kappa shape index (κ1) is 19.6. The Balaban J connectivity index is 1.38. The minimum Gasteiger partial charge on any atom is -0.368 e. The van der Waals surface area contributed by atoms with Crippen molar-refractivity contribution in [1.82, 2.24) is 4.90 Å². The number of benzene rings is 3. The third-order valence-electron chi connectivity index (χ3n) is 5.94. The second kappa shape index (κ2) is 7.74. The molecule has 1 saturated heterocycles. The van der Waals surface area contributed by atoms with Gasteiger partial charge in [-0.2, -0.15) is 0 Å². The predicted molar refractivity (Wildman–Crippen MR) is 121 cm³/mol. The van der Waals surface area contributed by atoms with Gasteiger partial charge in [0.1, 0.15) is 6.54 Å². The van der Waals surface area contributed by atoms with E-state index in [2.05, 4.69) is 17.0 Å². The summed E-state index contributed by atoms with van der Waals surface area (Å²) in [4.78, 5) is 19.7. The molecule has 0 N–H and O–H groups in total.